The molecule has 0 unspecified atom stereocenters. The number of amides is 1. The highest BCUT2D eigenvalue weighted by Gasteiger charge is 2.17. The van der Waals surface area contributed by atoms with Crippen LogP contribution in [0, 0.1) is 13.8 Å². The maximum Gasteiger partial charge on any atom is 0.227 e. The van der Waals surface area contributed by atoms with E-state index in [-0.39, 0.29) is 25.5 Å². The fourth-order valence-electron chi connectivity index (χ4n) is 2.80. The van der Waals surface area contributed by atoms with Gasteiger partial charge in [0.25, 0.3) is 0 Å². The number of aliphatic hydroxyl groups is 1. The molecule has 8 nitrogen and oxygen atoms in total. The molecule has 27 heavy (non-hydrogen) atoms. The van der Waals surface area contributed by atoms with Gasteiger partial charge >= 0.3 is 0 Å². The van der Waals surface area contributed by atoms with Crippen LogP contribution < -0.4 is 0 Å². The van der Waals surface area contributed by atoms with Crippen molar-refractivity contribution in [3.05, 3.63) is 53.4 Å². The molecule has 142 valence electrons. The smallest absolute Gasteiger partial charge is 0.227 e. The Morgan fingerprint density at radius 1 is 1.33 bits per heavy atom. The number of aryl methyl sites for hydroxylation is 3. The Morgan fingerprint density at radius 2 is 2.19 bits per heavy atom. The van der Waals surface area contributed by atoms with Crippen molar-refractivity contribution in [2.24, 2.45) is 0 Å². The van der Waals surface area contributed by atoms with Gasteiger partial charge in [0.15, 0.2) is 0 Å². The van der Waals surface area contributed by atoms with Crippen molar-refractivity contribution in [1.82, 2.24) is 25.0 Å². The Bertz CT molecular complexity index is 902. The lowest BCUT2D eigenvalue weighted by Gasteiger charge is -2.20. The van der Waals surface area contributed by atoms with Gasteiger partial charge in [-0.2, -0.15) is 4.98 Å². The summed E-state index contributed by atoms with van der Waals surface area (Å²) in [4.78, 5) is 25.7. The summed E-state index contributed by atoms with van der Waals surface area (Å²) in [6, 6.07) is 7.84. The predicted molar refractivity (Wildman–Crippen MR) is 98.6 cm³/mol. The van der Waals surface area contributed by atoms with Crippen molar-refractivity contribution in [2.75, 3.05) is 13.2 Å². The zero-order valence-electron chi connectivity index (χ0n) is 15.5. The number of rotatable bonds is 8. The molecule has 1 aromatic carbocycles. The SMILES string of the molecule is Cc1cccc(-c2noc(CCC(=O)N(CCO)Cc3cnc(C)[nH]3)n2)c1. The average Bonchev–Trinajstić information content (AvgIpc) is 3.28. The Labute approximate surface area is 157 Å². The molecule has 2 aromatic heterocycles. The lowest BCUT2D eigenvalue weighted by atomic mass is 10.1. The van der Waals surface area contributed by atoms with Crippen LogP contribution in [0.15, 0.2) is 35.0 Å². The number of carbonyl (C=O) groups is 1. The largest absolute Gasteiger partial charge is 0.395 e. The first kappa shape index (κ1) is 18.8. The molecular formula is C19H23N5O3. The van der Waals surface area contributed by atoms with E-state index in [1.807, 2.05) is 38.1 Å². The molecule has 2 heterocycles. The van der Waals surface area contributed by atoms with Gasteiger partial charge in [0.1, 0.15) is 5.82 Å². The lowest BCUT2D eigenvalue weighted by molar-refractivity contribution is -0.132. The fourth-order valence-corrected chi connectivity index (χ4v) is 2.80. The molecule has 1 amide bonds. The van der Waals surface area contributed by atoms with Crippen molar-refractivity contribution in [3.63, 3.8) is 0 Å². The quantitative estimate of drug-likeness (QED) is 0.629. The van der Waals surface area contributed by atoms with Crippen LogP contribution in [-0.4, -0.2) is 49.2 Å². The monoisotopic (exact) mass is 369 g/mol. The minimum Gasteiger partial charge on any atom is -0.395 e. The average molecular weight is 369 g/mol. The molecular weight excluding hydrogens is 346 g/mol. The second kappa shape index (κ2) is 8.59. The van der Waals surface area contributed by atoms with E-state index in [9.17, 15) is 9.90 Å². The van der Waals surface area contributed by atoms with E-state index in [0.29, 0.717) is 24.7 Å². The minimum absolute atomic E-state index is 0.0911. The van der Waals surface area contributed by atoms with Crippen LogP contribution in [0.5, 0.6) is 0 Å². The number of H-pyrrole nitrogens is 1. The molecule has 3 aromatic rings. The van der Waals surface area contributed by atoms with Crippen molar-refractivity contribution in [2.45, 2.75) is 33.2 Å². The third-order valence-electron chi connectivity index (χ3n) is 4.14. The first-order valence-corrected chi connectivity index (χ1v) is 8.84. The van der Waals surface area contributed by atoms with Gasteiger partial charge in [-0.25, -0.2) is 4.98 Å². The van der Waals surface area contributed by atoms with Crippen molar-refractivity contribution >= 4 is 5.91 Å². The lowest BCUT2D eigenvalue weighted by Crippen LogP contribution is -2.33. The first-order valence-electron chi connectivity index (χ1n) is 8.84. The maximum absolute atomic E-state index is 12.5. The number of aliphatic hydroxyl groups excluding tert-OH is 1. The Hall–Kier alpha value is -3.00. The third kappa shape index (κ3) is 5.01. The van der Waals surface area contributed by atoms with Crippen LogP contribution in [0.1, 0.15) is 29.4 Å². The molecule has 0 bridgehead atoms. The standard InChI is InChI=1S/C19H23N5O3/c1-13-4-3-5-15(10-13)19-22-17(27-23-19)6-7-18(26)24(8-9-25)12-16-11-20-14(2)21-16/h3-5,10-11,25H,6-9,12H2,1-2H3,(H,20,21). The van der Waals surface area contributed by atoms with E-state index in [2.05, 4.69) is 20.1 Å². The summed E-state index contributed by atoms with van der Waals surface area (Å²) in [5, 5.41) is 13.2. The van der Waals surface area contributed by atoms with Gasteiger partial charge in [-0.3, -0.25) is 4.79 Å². The Morgan fingerprint density at radius 3 is 2.89 bits per heavy atom. The number of nitrogens with zero attached hydrogens (tertiary/aromatic N) is 4. The molecule has 8 heteroatoms. The summed E-state index contributed by atoms with van der Waals surface area (Å²) < 4.78 is 5.27. The molecule has 0 saturated heterocycles. The van der Waals surface area contributed by atoms with Crippen LogP contribution in [0.4, 0.5) is 0 Å². The summed E-state index contributed by atoms with van der Waals surface area (Å²) in [5.41, 5.74) is 2.82. The Kier molecular flexibility index (Phi) is 5.97. The van der Waals surface area contributed by atoms with Crippen LogP contribution in [0.3, 0.4) is 0 Å². The van der Waals surface area contributed by atoms with Crippen LogP contribution in [0.2, 0.25) is 0 Å². The van der Waals surface area contributed by atoms with Gasteiger partial charge in [0.05, 0.1) is 25.0 Å². The highest BCUT2D eigenvalue weighted by atomic mass is 16.5. The van der Waals surface area contributed by atoms with Crippen molar-refractivity contribution < 1.29 is 14.4 Å². The molecule has 0 fully saturated rings. The van der Waals surface area contributed by atoms with Crippen LogP contribution in [0.25, 0.3) is 11.4 Å². The molecule has 2 N–H and O–H groups in total. The predicted octanol–water partition coefficient (Wildman–Crippen LogP) is 2.03. The molecule has 0 atom stereocenters. The second-order valence-electron chi connectivity index (χ2n) is 6.41. The van der Waals surface area contributed by atoms with E-state index in [0.717, 1.165) is 22.6 Å². The molecule has 0 aliphatic rings. The van der Waals surface area contributed by atoms with E-state index < -0.39 is 0 Å². The van der Waals surface area contributed by atoms with Gasteiger partial charge < -0.3 is 19.5 Å². The van der Waals surface area contributed by atoms with Crippen LogP contribution >= 0.6 is 0 Å². The number of aromatic nitrogens is 4. The van der Waals surface area contributed by atoms with Gasteiger partial charge in [-0.05, 0) is 19.9 Å². The first-order chi connectivity index (χ1) is 13.0. The number of benzene rings is 1. The van der Waals surface area contributed by atoms with Crippen LogP contribution in [-0.2, 0) is 17.8 Å². The normalized spacial score (nSPS) is 10.9. The number of hydrogen-bond donors (Lipinski definition) is 2. The molecule has 0 aliphatic heterocycles. The topological polar surface area (TPSA) is 108 Å². The van der Waals surface area contributed by atoms with E-state index >= 15 is 0 Å². The molecule has 3 rings (SSSR count). The van der Waals surface area contributed by atoms with Gasteiger partial charge in [-0.1, -0.05) is 28.9 Å². The summed E-state index contributed by atoms with van der Waals surface area (Å²) in [6.45, 7) is 4.38. The number of nitrogens with one attached hydrogen (secondary N) is 1. The zero-order chi connectivity index (χ0) is 19.2. The van der Waals surface area contributed by atoms with E-state index in [1.54, 1.807) is 11.1 Å². The van der Waals surface area contributed by atoms with Crippen molar-refractivity contribution in [1.29, 1.82) is 0 Å². The zero-order valence-corrected chi connectivity index (χ0v) is 15.5. The highest BCUT2D eigenvalue weighted by molar-refractivity contribution is 5.76. The third-order valence-corrected chi connectivity index (χ3v) is 4.14. The Balaban J connectivity index is 1.60. The number of aromatic amines is 1. The number of imidazole rings is 1. The molecule has 0 spiro atoms. The second-order valence-corrected chi connectivity index (χ2v) is 6.41. The maximum atomic E-state index is 12.5. The summed E-state index contributed by atoms with van der Waals surface area (Å²) in [6.07, 6.45) is 2.27. The molecule has 0 radical (unpaired) electrons. The highest BCUT2D eigenvalue weighted by Crippen LogP contribution is 2.17. The van der Waals surface area contributed by atoms with Gasteiger partial charge in [0.2, 0.25) is 17.6 Å². The molecule has 0 aliphatic carbocycles. The molecule has 0 saturated carbocycles. The van der Waals surface area contributed by atoms with Gasteiger partial charge in [-0.15, -0.1) is 0 Å². The number of hydrogen-bond acceptors (Lipinski definition) is 6. The summed E-state index contributed by atoms with van der Waals surface area (Å²) >= 11 is 0. The van der Waals surface area contributed by atoms with E-state index in [1.165, 1.54) is 0 Å². The minimum atomic E-state index is -0.100. The summed E-state index contributed by atoms with van der Waals surface area (Å²) in [5.74, 6) is 1.63. The fraction of sp³-hybridized carbons (Fsp3) is 0.368. The summed E-state index contributed by atoms with van der Waals surface area (Å²) in [7, 11) is 0. The number of carbonyl (C=O) groups excluding carboxylic acids is 1. The van der Waals surface area contributed by atoms with Gasteiger partial charge in [0, 0.05) is 24.9 Å². The van der Waals surface area contributed by atoms with E-state index in [4.69, 9.17) is 4.52 Å². The van der Waals surface area contributed by atoms with Crippen molar-refractivity contribution in [3.8, 4) is 11.4 Å².